The van der Waals surface area contributed by atoms with Crippen LogP contribution in [0.1, 0.15) is 505 Å². The van der Waals surface area contributed by atoms with Gasteiger partial charge < -0.3 is 59.0 Å². The summed E-state index contributed by atoms with van der Waals surface area (Å²) >= 11 is 0. The monoisotopic (exact) mass is 2040 g/mol. The van der Waals surface area contributed by atoms with Gasteiger partial charge in [0.05, 0.1) is 0 Å². The lowest BCUT2D eigenvalue weighted by atomic mass is 9.82. The first-order chi connectivity index (χ1) is 68.9. The maximum Gasteiger partial charge on any atom is 0.274 e. The molecule has 0 saturated carbocycles. The molecule has 0 radical (unpaired) electrons. The number of hydrogen-bond acceptors (Lipinski definition) is 24. The first kappa shape index (κ1) is 135. The van der Waals surface area contributed by atoms with Gasteiger partial charge in [-0.3, -0.25) is 58.2 Å². The molecule has 6 heterocycles. The van der Waals surface area contributed by atoms with Crippen LogP contribution < -0.4 is 31.9 Å². The van der Waals surface area contributed by atoms with Crippen LogP contribution in [0.4, 0.5) is 0 Å². The van der Waals surface area contributed by atoms with Crippen LogP contribution in [0, 0.1) is 20.8 Å². The van der Waals surface area contributed by atoms with Gasteiger partial charge in [0.15, 0.2) is 34.2 Å². The minimum atomic E-state index is -0.159. The second kappa shape index (κ2) is 70.0. The van der Waals surface area contributed by atoms with Crippen molar-refractivity contribution < 1.29 is 55.9 Å². The quantitative estimate of drug-likeness (QED) is 0.0206. The first-order valence-corrected chi connectivity index (χ1v) is 57.0. The zero-order valence-electron chi connectivity index (χ0n) is 99.2. The van der Waals surface area contributed by atoms with Gasteiger partial charge in [-0.2, -0.15) is 0 Å². The van der Waals surface area contributed by atoms with Crippen LogP contribution in [0.25, 0.3) is 0 Å². The summed E-state index contributed by atoms with van der Waals surface area (Å²) in [6, 6.07) is 5.38. The molecule has 145 heavy (non-hydrogen) atoms. The van der Waals surface area contributed by atoms with Crippen molar-refractivity contribution in [1.82, 2.24) is 92.2 Å². The minimum absolute atomic E-state index is 0.0225. The number of rotatable bonds is 64. The topological polar surface area (TPSA) is 350 Å². The molecule has 10 atom stereocenters. The van der Waals surface area contributed by atoms with E-state index in [2.05, 4.69) is 300 Å². The van der Waals surface area contributed by atoms with Gasteiger partial charge in [-0.25, -0.2) is 0 Å². The number of nitrogens with one attached hydrogen (secondary N) is 6. The van der Waals surface area contributed by atoms with Crippen molar-refractivity contribution in [3.8, 4) is 0 Å². The zero-order valence-corrected chi connectivity index (χ0v) is 99.2. The van der Waals surface area contributed by atoms with Crippen LogP contribution >= 0.6 is 0 Å². The summed E-state index contributed by atoms with van der Waals surface area (Å²) < 4.78 is 31.3. The van der Waals surface area contributed by atoms with Gasteiger partial charge in [-0.1, -0.05) is 224 Å². The summed E-state index contributed by atoms with van der Waals surface area (Å²) in [5.41, 5.74) is 4.56. The molecule has 0 aliphatic rings. The van der Waals surface area contributed by atoms with E-state index in [1.807, 2.05) is 62.3 Å². The van der Waals surface area contributed by atoms with Crippen LogP contribution in [0.15, 0.2) is 45.3 Å². The number of carbonyl (C=O) groups excluding carboxylic acids is 6. The smallest absolute Gasteiger partial charge is 0.274 e. The van der Waals surface area contributed by atoms with Crippen molar-refractivity contribution in [2.24, 2.45) is 0 Å². The van der Waals surface area contributed by atoms with Crippen LogP contribution in [0.2, 0.25) is 0 Å². The van der Waals surface area contributed by atoms with E-state index in [-0.39, 0.29) is 105 Å². The van der Waals surface area contributed by atoms with Crippen molar-refractivity contribution in [2.75, 3.05) is 78.5 Å². The molecule has 0 saturated heterocycles. The molecule has 6 amide bonds. The van der Waals surface area contributed by atoms with E-state index in [9.17, 15) is 28.8 Å². The maximum absolute atomic E-state index is 12.8. The molecular weight excluding hydrogens is 1830 g/mol. The molecule has 0 fully saturated rings. The van der Waals surface area contributed by atoms with E-state index in [1.165, 1.54) is 0 Å². The van der Waals surface area contributed by atoms with Gasteiger partial charge in [0, 0.05) is 143 Å². The maximum atomic E-state index is 12.8. The van der Waals surface area contributed by atoms with Crippen molar-refractivity contribution in [3.63, 3.8) is 0 Å². The fraction of sp³-hybridized carbons (Fsp3) is 0.791. The summed E-state index contributed by atoms with van der Waals surface area (Å²) in [7, 11) is 0. The van der Waals surface area contributed by atoms with Crippen molar-refractivity contribution in [3.05, 3.63) is 104 Å². The molecule has 10 unspecified atom stereocenters. The highest BCUT2D eigenvalue weighted by atomic mass is 16.5. The molecule has 0 spiro atoms. The summed E-state index contributed by atoms with van der Waals surface area (Å²) in [6.45, 7) is 96.1. The highest BCUT2D eigenvalue weighted by Crippen LogP contribution is 2.35. The molecule has 6 rings (SSSR count). The Morgan fingerprint density at radius 1 is 0.248 bits per heavy atom. The predicted octanol–water partition coefficient (Wildman–Crippen LogP) is 24.4. The van der Waals surface area contributed by atoms with Gasteiger partial charge in [-0.05, 0) is 297 Å². The first-order valence-electron chi connectivity index (χ1n) is 57.0. The van der Waals surface area contributed by atoms with E-state index in [1.54, 1.807) is 18.2 Å². The molecule has 0 aliphatic carbocycles. The molecule has 6 aromatic heterocycles. The Bertz CT molecular complexity index is 4480. The number of aryl methyl sites for hydroxylation is 6. The second-order valence-electron chi connectivity index (χ2n) is 40.7. The van der Waals surface area contributed by atoms with Crippen molar-refractivity contribution >= 4 is 35.4 Å². The van der Waals surface area contributed by atoms with Gasteiger partial charge in [0.1, 0.15) is 34.6 Å². The Balaban J connectivity index is 0.000000870. The Kier molecular flexibility index (Phi) is 65.1. The summed E-state index contributed by atoms with van der Waals surface area (Å²) in [5, 5.41) is 42.6. The van der Waals surface area contributed by atoms with Gasteiger partial charge in [0.25, 0.3) is 35.4 Å². The number of hydrogen-bond donors (Lipinski definition) is 6. The molecular formula is C115H212N18O12. The summed E-state index contributed by atoms with van der Waals surface area (Å²) in [5.74, 6) is 3.70. The molecule has 0 aliphatic heterocycles. The molecule has 6 N–H and O–H groups in total. The minimum Gasteiger partial charge on any atom is -0.361 e. The van der Waals surface area contributed by atoms with Crippen molar-refractivity contribution in [2.45, 2.75) is 519 Å². The summed E-state index contributed by atoms with van der Waals surface area (Å²) in [4.78, 5) is 90.9. The molecule has 30 heteroatoms. The second-order valence-corrected chi connectivity index (χ2v) is 40.7. The third-order valence-electron chi connectivity index (χ3n) is 31.0. The fourth-order valence-corrected chi connectivity index (χ4v) is 20.9. The third kappa shape index (κ3) is 38.4. The van der Waals surface area contributed by atoms with Crippen LogP contribution in [0.5, 0.6) is 0 Å². The lowest BCUT2D eigenvalue weighted by Gasteiger charge is -2.47. The number of amides is 6. The molecule has 834 valence electrons. The van der Waals surface area contributed by atoms with E-state index in [0.29, 0.717) is 34.2 Å². The lowest BCUT2D eigenvalue weighted by molar-refractivity contribution is 0.0423. The van der Waals surface area contributed by atoms with Crippen molar-refractivity contribution in [1.29, 1.82) is 0 Å². The predicted molar refractivity (Wildman–Crippen MR) is 595 cm³/mol. The van der Waals surface area contributed by atoms with Crippen LogP contribution in [-0.2, 0) is 38.5 Å². The van der Waals surface area contributed by atoms with Gasteiger partial charge >= 0.3 is 0 Å². The molecule has 0 aromatic carbocycles. The standard InChI is InChI=1S/2C20H37N3O2.3C19H35N3O2.C18H33N3O2/c1-8-12-20(7,23(13-9-2)14-10-3)16(6)21-19(24)18-15(5)17(11-4)25-22-18;1-8-13-23(14-9-2)20(11-4,12-5)16(7)21-19(24)18-15(6)17(10-3)25-22-18;1-8-12-22(13-9-2)19(7,11-4)15(6)20-18(23)17-14(5)16(10-3)24-21-17;1-7-11-19(6,22(12-8-2)13-9-3)15(5)20-18(23)17-14-16(10-4)24-21-17;1-7-12-22(13-8-2)19(10-4,11-5)15(6)20-18(23)17-14-16(9-3)24-21-17;1-7-11-21(12-8-2)18(6,10-4)14(5)19-17(22)16-13-15(9-3)23-20-16/h2*16H,8-14H2,1-7H3,(H,21,24);15H,8-13H2,1-7H3,(H,20,23);2*14-15H,7-13H2,1-6H3,(H,20,23);13-14H,7-12H2,1-6H3,(H,19,22). The number of aromatic nitrogens is 6. The lowest BCUT2D eigenvalue weighted by Crippen LogP contribution is -2.61. The van der Waals surface area contributed by atoms with Crippen LogP contribution in [0.3, 0.4) is 0 Å². The Morgan fingerprint density at radius 3 is 0.621 bits per heavy atom. The van der Waals surface area contributed by atoms with Crippen LogP contribution in [-0.4, -0.2) is 244 Å². The molecule has 30 nitrogen and oxygen atoms in total. The third-order valence-corrected chi connectivity index (χ3v) is 31.0. The average molecular weight is 2040 g/mol. The van der Waals surface area contributed by atoms with Gasteiger partial charge in [-0.15, -0.1) is 0 Å². The fourth-order valence-electron chi connectivity index (χ4n) is 20.9. The molecule has 0 bridgehead atoms. The largest absolute Gasteiger partial charge is 0.361 e. The average Bonchev–Trinajstić information content (AvgIpc) is 1.34. The Labute approximate surface area is 880 Å². The highest BCUT2D eigenvalue weighted by molar-refractivity contribution is 5.96. The van der Waals surface area contributed by atoms with E-state index < -0.39 is 0 Å². The Morgan fingerprint density at radius 2 is 0.441 bits per heavy atom. The summed E-state index contributed by atoms with van der Waals surface area (Å²) in [6.07, 6.45) is 28.1. The Hall–Kier alpha value is -8.16. The molecule has 6 aromatic rings. The van der Waals surface area contributed by atoms with E-state index in [4.69, 9.17) is 27.1 Å². The van der Waals surface area contributed by atoms with E-state index >= 15 is 0 Å². The normalized spacial score (nSPS) is 14.6. The number of carbonyl (C=O) groups is 6. The highest BCUT2D eigenvalue weighted by Gasteiger charge is 2.45. The SMILES string of the molecule is CCCN(CCC)C(C)(CC)C(C)NC(=O)c1cc(CC)on1.CCCN(CCC)C(C)(CC)C(C)NC(=O)c1noc(CC)c1C.CCCN(CCC)C(C)(CCC)C(C)NC(=O)c1cc(CC)on1.CCCN(CCC)C(C)(CCC)C(C)NC(=O)c1noc(CC)c1C.CCCN(CCC)C(CC)(CC)C(C)NC(=O)c1cc(CC)on1.CCCN(CCC)C(CC)(CC)C(C)NC(=O)c1noc(CC)c1C. The zero-order chi connectivity index (χ0) is 110. The van der Waals surface area contributed by atoms with Gasteiger partial charge in [0.2, 0.25) is 0 Å². The number of nitrogens with zero attached hydrogens (tertiary/aromatic N) is 12. The van der Waals surface area contributed by atoms with E-state index in [0.717, 1.165) is 310 Å².